The van der Waals surface area contributed by atoms with Gasteiger partial charge in [0.15, 0.2) is 0 Å². The Hall–Kier alpha value is -1.59. The number of carbonyl (C=O) groups excluding carboxylic acids is 1. The summed E-state index contributed by atoms with van der Waals surface area (Å²) in [5, 5.41) is 11.7. The molecule has 1 atom stereocenters. The van der Waals surface area contributed by atoms with E-state index in [0.717, 1.165) is 19.4 Å². The minimum atomic E-state index is -0.981. The summed E-state index contributed by atoms with van der Waals surface area (Å²) in [6, 6.07) is -0.769. The highest BCUT2D eigenvalue weighted by Gasteiger charge is 2.20. The van der Waals surface area contributed by atoms with E-state index in [1.54, 1.807) is 0 Å². The maximum absolute atomic E-state index is 10.8. The van der Waals surface area contributed by atoms with Crippen LogP contribution in [0.4, 0.5) is 0 Å². The summed E-state index contributed by atoms with van der Waals surface area (Å²) in [5.74, 6) is -0.755. The van der Waals surface area contributed by atoms with Crippen molar-refractivity contribution in [1.29, 1.82) is 0 Å². The van der Waals surface area contributed by atoms with E-state index in [1.807, 2.05) is 0 Å². The molecule has 6 heteroatoms. The molecule has 0 saturated heterocycles. The van der Waals surface area contributed by atoms with Gasteiger partial charge >= 0.3 is 5.97 Å². The topological polar surface area (TPSA) is 105 Å². The van der Waals surface area contributed by atoms with Crippen molar-refractivity contribution >= 4 is 17.7 Å². The van der Waals surface area contributed by atoms with Crippen molar-refractivity contribution in [2.45, 2.75) is 31.7 Å². The van der Waals surface area contributed by atoms with Gasteiger partial charge in [-0.1, -0.05) is 0 Å². The monoisotopic (exact) mass is 213 g/mol. The van der Waals surface area contributed by atoms with Crippen molar-refractivity contribution < 1.29 is 14.7 Å². The second-order valence-corrected chi connectivity index (χ2v) is 3.47. The number of nitrogens with two attached hydrogens (primary N) is 1. The van der Waals surface area contributed by atoms with Crippen LogP contribution in [-0.4, -0.2) is 35.4 Å². The number of carboxylic acids is 1. The number of carbonyl (C=O) groups is 2. The molecule has 0 unspecified atom stereocenters. The lowest BCUT2D eigenvalue weighted by atomic mass is 10.1. The molecule has 0 aromatic rings. The zero-order valence-corrected chi connectivity index (χ0v) is 8.40. The predicted octanol–water partition coefficient (Wildman–Crippen LogP) is -0.513. The molecule has 0 radical (unpaired) electrons. The molecule has 0 aromatic carbocycles. The summed E-state index contributed by atoms with van der Waals surface area (Å²) in [6.07, 6.45) is 1.99. The van der Waals surface area contributed by atoms with Gasteiger partial charge in [0.2, 0.25) is 5.91 Å². The number of aliphatic imine (C=N–C) groups is 1. The van der Waals surface area contributed by atoms with E-state index >= 15 is 0 Å². The van der Waals surface area contributed by atoms with E-state index < -0.39 is 17.9 Å². The molecule has 0 aromatic heterocycles. The molecule has 84 valence electrons. The van der Waals surface area contributed by atoms with Crippen molar-refractivity contribution in [2.24, 2.45) is 10.7 Å². The molecule has 1 aliphatic rings. The number of hydrogen-bond donors (Lipinski definition) is 3. The van der Waals surface area contributed by atoms with E-state index in [2.05, 4.69) is 10.3 Å². The number of rotatable bonds is 5. The van der Waals surface area contributed by atoms with Crippen LogP contribution in [0.5, 0.6) is 0 Å². The van der Waals surface area contributed by atoms with Gasteiger partial charge in [-0.25, -0.2) is 4.79 Å². The summed E-state index contributed by atoms with van der Waals surface area (Å²) in [7, 11) is 0. The number of primary amides is 1. The van der Waals surface area contributed by atoms with Crippen molar-refractivity contribution in [3.63, 3.8) is 0 Å². The van der Waals surface area contributed by atoms with Crippen LogP contribution in [0.25, 0.3) is 0 Å². The SMILES string of the molecule is NC(=O)CC[C@H](NC1=NCCC1)C(=O)O. The molecule has 0 fully saturated rings. The first-order valence-electron chi connectivity index (χ1n) is 4.90. The van der Waals surface area contributed by atoms with Crippen LogP contribution in [0.1, 0.15) is 25.7 Å². The minimum Gasteiger partial charge on any atom is -0.480 e. The number of amidine groups is 1. The van der Waals surface area contributed by atoms with Crippen LogP contribution >= 0.6 is 0 Å². The summed E-state index contributed by atoms with van der Waals surface area (Å²) in [5.41, 5.74) is 4.96. The molecule has 1 amide bonds. The lowest BCUT2D eigenvalue weighted by Crippen LogP contribution is -2.40. The molecular weight excluding hydrogens is 198 g/mol. The van der Waals surface area contributed by atoms with E-state index in [9.17, 15) is 9.59 Å². The third-order valence-corrected chi connectivity index (χ3v) is 2.19. The normalized spacial score (nSPS) is 16.9. The van der Waals surface area contributed by atoms with Gasteiger partial charge in [0.05, 0.1) is 5.84 Å². The highest BCUT2D eigenvalue weighted by Crippen LogP contribution is 2.05. The van der Waals surface area contributed by atoms with Crippen LogP contribution in [0.3, 0.4) is 0 Å². The second kappa shape index (κ2) is 5.33. The van der Waals surface area contributed by atoms with Gasteiger partial charge in [0.1, 0.15) is 6.04 Å². The molecule has 0 saturated carbocycles. The van der Waals surface area contributed by atoms with Crippen LogP contribution < -0.4 is 11.1 Å². The third-order valence-electron chi connectivity index (χ3n) is 2.19. The van der Waals surface area contributed by atoms with Crippen LogP contribution in [0.15, 0.2) is 4.99 Å². The maximum atomic E-state index is 10.8. The molecule has 0 spiro atoms. The molecular formula is C9H15N3O3. The predicted molar refractivity (Wildman–Crippen MR) is 54.5 cm³/mol. The first-order chi connectivity index (χ1) is 7.09. The van der Waals surface area contributed by atoms with Crippen molar-refractivity contribution in [2.75, 3.05) is 6.54 Å². The largest absolute Gasteiger partial charge is 0.480 e. The standard InChI is InChI=1S/C9H15N3O3/c10-7(13)4-3-6(9(14)15)12-8-2-1-5-11-8/h6H,1-5H2,(H2,10,13)(H,11,12)(H,14,15)/t6-/m0/s1. The van der Waals surface area contributed by atoms with Crippen LogP contribution in [0.2, 0.25) is 0 Å². The quantitative estimate of drug-likeness (QED) is 0.571. The fraction of sp³-hybridized carbons (Fsp3) is 0.667. The van der Waals surface area contributed by atoms with E-state index in [0.29, 0.717) is 5.84 Å². The Balaban J connectivity index is 2.42. The van der Waals surface area contributed by atoms with Gasteiger partial charge in [-0.15, -0.1) is 0 Å². The van der Waals surface area contributed by atoms with Gasteiger partial charge in [-0.2, -0.15) is 0 Å². The van der Waals surface area contributed by atoms with Gasteiger partial charge < -0.3 is 16.2 Å². The number of nitrogens with one attached hydrogen (secondary N) is 1. The van der Waals surface area contributed by atoms with Gasteiger partial charge in [0, 0.05) is 19.4 Å². The molecule has 1 heterocycles. The molecule has 0 bridgehead atoms. The number of nitrogens with zero attached hydrogens (tertiary/aromatic N) is 1. The van der Waals surface area contributed by atoms with E-state index in [-0.39, 0.29) is 12.8 Å². The second-order valence-electron chi connectivity index (χ2n) is 3.47. The Kier molecular flexibility index (Phi) is 4.08. The molecule has 1 rings (SSSR count). The Morgan fingerprint density at radius 1 is 1.60 bits per heavy atom. The Morgan fingerprint density at radius 2 is 2.33 bits per heavy atom. The van der Waals surface area contributed by atoms with Crippen molar-refractivity contribution in [3.05, 3.63) is 0 Å². The van der Waals surface area contributed by atoms with Crippen molar-refractivity contribution in [1.82, 2.24) is 5.32 Å². The highest BCUT2D eigenvalue weighted by atomic mass is 16.4. The average molecular weight is 213 g/mol. The molecule has 4 N–H and O–H groups in total. The number of aliphatic carboxylic acids is 1. The van der Waals surface area contributed by atoms with Crippen LogP contribution in [-0.2, 0) is 9.59 Å². The molecule has 1 aliphatic heterocycles. The minimum absolute atomic E-state index is 0.0667. The average Bonchev–Trinajstić information content (AvgIpc) is 2.63. The summed E-state index contributed by atoms with van der Waals surface area (Å²) >= 11 is 0. The number of amides is 1. The van der Waals surface area contributed by atoms with Gasteiger partial charge in [-0.05, 0) is 12.8 Å². The zero-order valence-electron chi connectivity index (χ0n) is 8.40. The van der Waals surface area contributed by atoms with Crippen LogP contribution in [0, 0.1) is 0 Å². The van der Waals surface area contributed by atoms with E-state index in [1.165, 1.54) is 0 Å². The number of carboxylic acid groups (broad SMARTS) is 1. The first kappa shape index (κ1) is 11.5. The lowest BCUT2D eigenvalue weighted by Gasteiger charge is -2.14. The molecule has 0 aliphatic carbocycles. The Labute approximate surface area is 87.6 Å². The first-order valence-corrected chi connectivity index (χ1v) is 4.90. The zero-order chi connectivity index (χ0) is 11.3. The lowest BCUT2D eigenvalue weighted by molar-refractivity contribution is -0.139. The maximum Gasteiger partial charge on any atom is 0.326 e. The molecule has 6 nitrogen and oxygen atoms in total. The fourth-order valence-electron chi connectivity index (χ4n) is 1.40. The Morgan fingerprint density at radius 3 is 2.80 bits per heavy atom. The number of hydrogen-bond acceptors (Lipinski definition) is 4. The molecule has 15 heavy (non-hydrogen) atoms. The van der Waals surface area contributed by atoms with Gasteiger partial charge in [-0.3, -0.25) is 9.79 Å². The fourth-order valence-corrected chi connectivity index (χ4v) is 1.40. The summed E-state index contributed by atoms with van der Waals surface area (Å²) in [4.78, 5) is 25.5. The Bertz CT molecular complexity index is 288. The van der Waals surface area contributed by atoms with Crippen molar-refractivity contribution in [3.8, 4) is 0 Å². The highest BCUT2D eigenvalue weighted by molar-refractivity contribution is 5.88. The summed E-state index contributed by atoms with van der Waals surface area (Å²) in [6.45, 7) is 0.741. The van der Waals surface area contributed by atoms with Gasteiger partial charge in [0.25, 0.3) is 0 Å². The smallest absolute Gasteiger partial charge is 0.326 e. The van der Waals surface area contributed by atoms with E-state index in [4.69, 9.17) is 10.8 Å². The third kappa shape index (κ3) is 3.97. The summed E-state index contributed by atoms with van der Waals surface area (Å²) < 4.78 is 0.